The van der Waals surface area contributed by atoms with Crippen LogP contribution in [0.25, 0.3) is 0 Å². The molecule has 1 aliphatic rings. The van der Waals surface area contributed by atoms with Gasteiger partial charge in [-0.1, -0.05) is 11.2 Å². The molecule has 3 rings (SSSR count). The van der Waals surface area contributed by atoms with Gasteiger partial charge in [0, 0.05) is 19.6 Å². The maximum atomic E-state index is 13.3. The van der Waals surface area contributed by atoms with Crippen molar-refractivity contribution in [1.82, 2.24) is 20.4 Å². The van der Waals surface area contributed by atoms with E-state index in [-0.39, 0.29) is 24.4 Å². The molecule has 0 amide bonds. The second kappa shape index (κ2) is 7.33. The summed E-state index contributed by atoms with van der Waals surface area (Å²) in [5, 5.41) is 7.33. The van der Waals surface area contributed by atoms with Gasteiger partial charge in [-0.05, 0) is 31.7 Å². The number of likely N-dealkylation sites (N-methyl/N-ethyl adjacent to an activating group) is 1. The Labute approximate surface area is 139 Å². The quantitative estimate of drug-likeness (QED) is 0.927. The second-order valence-corrected chi connectivity index (χ2v) is 5.59. The molecule has 0 bridgehead atoms. The van der Waals surface area contributed by atoms with E-state index >= 15 is 0 Å². The van der Waals surface area contributed by atoms with Gasteiger partial charge in [-0.25, -0.2) is 8.78 Å². The van der Waals surface area contributed by atoms with Crippen molar-refractivity contribution in [2.45, 2.75) is 18.9 Å². The first-order chi connectivity index (χ1) is 10.6. The zero-order valence-electron chi connectivity index (χ0n) is 12.9. The monoisotopic (exact) mass is 344 g/mol. The number of nitrogens with zero attached hydrogens (tertiary/aromatic N) is 3. The van der Waals surface area contributed by atoms with Crippen molar-refractivity contribution < 1.29 is 13.3 Å². The summed E-state index contributed by atoms with van der Waals surface area (Å²) >= 11 is 0. The lowest BCUT2D eigenvalue weighted by Crippen LogP contribution is -2.44. The molecule has 1 saturated heterocycles. The molecule has 0 aliphatic carbocycles. The maximum absolute atomic E-state index is 13.3. The van der Waals surface area contributed by atoms with Gasteiger partial charge in [0.05, 0.1) is 12.0 Å². The van der Waals surface area contributed by atoms with Crippen LogP contribution in [0.15, 0.2) is 22.7 Å². The lowest BCUT2D eigenvalue weighted by Gasteiger charge is -2.30. The Morgan fingerprint density at radius 3 is 2.83 bits per heavy atom. The molecule has 2 heterocycles. The minimum Gasteiger partial charge on any atom is -0.339 e. The summed E-state index contributed by atoms with van der Waals surface area (Å²) in [4.78, 5) is 6.60. The van der Waals surface area contributed by atoms with Crippen LogP contribution in [0.2, 0.25) is 0 Å². The largest absolute Gasteiger partial charge is 0.339 e. The van der Waals surface area contributed by atoms with Crippen molar-refractivity contribution in [3.05, 3.63) is 47.1 Å². The molecule has 0 radical (unpaired) electrons. The van der Waals surface area contributed by atoms with Gasteiger partial charge in [0.15, 0.2) is 17.5 Å². The molecule has 126 valence electrons. The van der Waals surface area contributed by atoms with Crippen LogP contribution in [-0.4, -0.2) is 41.7 Å². The summed E-state index contributed by atoms with van der Waals surface area (Å²) < 4.78 is 31.7. The lowest BCUT2D eigenvalue weighted by atomic mass is 10.0. The highest BCUT2D eigenvalue weighted by atomic mass is 35.5. The Bertz CT molecular complexity index is 667. The number of hydrogen-bond acceptors (Lipinski definition) is 5. The van der Waals surface area contributed by atoms with Gasteiger partial charge in [-0.3, -0.25) is 4.90 Å². The summed E-state index contributed by atoms with van der Waals surface area (Å²) in [5.74, 6) is -1.02. The highest BCUT2D eigenvalue weighted by molar-refractivity contribution is 5.85. The summed E-state index contributed by atoms with van der Waals surface area (Å²) in [6.45, 7) is 4.43. The number of rotatable bonds is 3. The normalized spacial score (nSPS) is 20.1. The van der Waals surface area contributed by atoms with Gasteiger partial charge in [0.1, 0.15) is 0 Å². The second-order valence-electron chi connectivity index (χ2n) is 5.59. The predicted octanol–water partition coefficient (Wildman–Crippen LogP) is 2.50. The van der Waals surface area contributed by atoms with Crippen LogP contribution in [0.4, 0.5) is 8.78 Å². The molecule has 0 spiro atoms. The fraction of sp³-hybridized carbons (Fsp3) is 0.467. The summed E-state index contributed by atoms with van der Waals surface area (Å²) in [5.41, 5.74) is 0.601. The van der Waals surface area contributed by atoms with E-state index in [2.05, 4.69) is 20.4 Å². The molecule has 2 unspecified atom stereocenters. The third-order valence-electron chi connectivity index (χ3n) is 4.08. The maximum Gasteiger partial charge on any atom is 0.233 e. The fourth-order valence-electron chi connectivity index (χ4n) is 2.58. The third-order valence-corrected chi connectivity index (χ3v) is 4.08. The number of benzene rings is 1. The van der Waals surface area contributed by atoms with Crippen LogP contribution in [0, 0.1) is 11.6 Å². The van der Waals surface area contributed by atoms with Crippen molar-refractivity contribution in [1.29, 1.82) is 0 Å². The van der Waals surface area contributed by atoms with Crippen LogP contribution in [0.3, 0.4) is 0 Å². The predicted molar refractivity (Wildman–Crippen MR) is 83.7 cm³/mol. The Morgan fingerprint density at radius 2 is 2.13 bits per heavy atom. The number of hydrogen-bond donors (Lipinski definition) is 1. The van der Waals surface area contributed by atoms with Crippen LogP contribution >= 0.6 is 12.4 Å². The third kappa shape index (κ3) is 3.68. The number of nitrogens with one attached hydrogen (secondary N) is 1. The van der Waals surface area contributed by atoms with Crippen LogP contribution in [0.1, 0.15) is 36.2 Å². The van der Waals surface area contributed by atoms with Crippen LogP contribution in [0.5, 0.6) is 0 Å². The van der Waals surface area contributed by atoms with Gasteiger partial charge >= 0.3 is 0 Å². The lowest BCUT2D eigenvalue weighted by molar-refractivity contribution is 0.190. The molecule has 1 fully saturated rings. The Morgan fingerprint density at radius 1 is 1.35 bits per heavy atom. The smallest absolute Gasteiger partial charge is 0.233 e. The standard InChI is InChI=1S/C15H18F2N4O.ClH/c1-9(10-3-4-11(16)12(17)7-10)15-19-14(20-22-15)13-8-18-5-6-21(13)2;/h3-4,7,9,13,18H,5-6,8H2,1-2H3;1H. The topological polar surface area (TPSA) is 54.2 Å². The van der Waals surface area contributed by atoms with Crippen LogP contribution in [-0.2, 0) is 0 Å². The average Bonchev–Trinajstić information content (AvgIpc) is 2.99. The van der Waals surface area contributed by atoms with Crippen molar-refractivity contribution in [3.63, 3.8) is 0 Å². The molecule has 2 aromatic rings. The van der Waals surface area contributed by atoms with Crippen LogP contribution < -0.4 is 5.32 Å². The van der Waals surface area contributed by atoms with E-state index in [1.165, 1.54) is 6.07 Å². The number of piperazine rings is 1. The van der Waals surface area contributed by atoms with E-state index in [4.69, 9.17) is 4.52 Å². The van der Waals surface area contributed by atoms with Crippen molar-refractivity contribution in [3.8, 4) is 0 Å². The minimum absolute atomic E-state index is 0. The summed E-state index contributed by atoms with van der Waals surface area (Å²) in [7, 11) is 2.01. The number of halogens is 3. The zero-order valence-corrected chi connectivity index (χ0v) is 13.7. The highest BCUT2D eigenvalue weighted by Crippen LogP contribution is 2.26. The van der Waals surface area contributed by atoms with Gasteiger partial charge in [-0.2, -0.15) is 4.98 Å². The van der Waals surface area contributed by atoms with Crippen molar-refractivity contribution in [2.75, 3.05) is 26.7 Å². The zero-order chi connectivity index (χ0) is 15.7. The average molecular weight is 345 g/mol. The van der Waals surface area contributed by atoms with E-state index in [0.29, 0.717) is 17.3 Å². The highest BCUT2D eigenvalue weighted by Gasteiger charge is 2.26. The molecule has 1 N–H and O–H groups in total. The SMILES string of the molecule is CC(c1ccc(F)c(F)c1)c1nc(C2CNCCN2C)no1.Cl. The molecular formula is C15H19ClF2N4O. The molecule has 5 nitrogen and oxygen atoms in total. The van der Waals surface area contributed by atoms with E-state index in [1.54, 1.807) is 0 Å². The van der Waals surface area contributed by atoms with Gasteiger partial charge in [-0.15, -0.1) is 12.4 Å². The Hall–Kier alpha value is -1.57. The molecule has 0 saturated carbocycles. The van der Waals surface area contributed by atoms with E-state index in [0.717, 1.165) is 31.8 Å². The first-order valence-corrected chi connectivity index (χ1v) is 7.25. The van der Waals surface area contributed by atoms with Gasteiger partial charge in [0.25, 0.3) is 0 Å². The van der Waals surface area contributed by atoms with Gasteiger partial charge in [0.2, 0.25) is 5.89 Å². The number of aromatic nitrogens is 2. The summed E-state index contributed by atoms with van der Waals surface area (Å²) in [6, 6.07) is 3.86. The molecule has 1 aromatic carbocycles. The minimum atomic E-state index is -0.875. The Balaban J connectivity index is 0.00000192. The molecule has 8 heteroatoms. The van der Waals surface area contributed by atoms with E-state index in [9.17, 15) is 8.78 Å². The van der Waals surface area contributed by atoms with E-state index < -0.39 is 11.6 Å². The first kappa shape index (κ1) is 17.8. The van der Waals surface area contributed by atoms with Gasteiger partial charge < -0.3 is 9.84 Å². The molecule has 2 atom stereocenters. The first-order valence-electron chi connectivity index (χ1n) is 7.25. The molecule has 1 aliphatic heterocycles. The molecule has 23 heavy (non-hydrogen) atoms. The van der Waals surface area contributed by atoms with Crippen molar-refractivity contribution >= 4 is 12.4 Å². The summed E-state index contributed by atoms with van der Waals surface area (Å²) in [6.07, 6.45) is 0. The molecular weight excluding hydrogens is 326 g/mol. The molecule has 1 aromatic heterocycles. The Kier molecular flexibility index (Phi) is 5.67. The van der Waals surface area contributed by atoms with Crippen molar-refractivity contribution in [2.24, 2.45) is 0 Å². The van der Waals surface area contributed by atoms with E-state index in [1.807, 2.05) is 14.0 Å². The fourth-order valence-corrected chi connectivity index (χ4v) is 2.58.